The van der Waals surface area contributed by atoms with Gasteiger partial charge in [-0.25, -0.2) is 9.59 Å². The number of carboxylic acid groups (broad SMARTS) is 2. The first kappa shape index (κ1) is 17.3. The fourth-order valence-corrected chi connectivity index (χ4v) is 2.92. The molecular weight excluding hydrogens is 276 g/mol. The van der Waals surface area contributed by atoms with Crippen molar-refractivity contribution < 1.29 is 24.6 Å². The maximum absolute atomic E-state index is 12.2. The highest BCUT2D eigenvalue weighted by atomic mass is 16.4. The maximum Gasteiger partial charge on any atom is 0.331 e. The lowest BCUT2D eigenvalue weighted by molar-refractivity contribution is -0.164. The Kier molecular flexibility index (Phi) is 5.25. The van der Waals surface area contributed by atoms with Gasteiger partial charge in [0, 0.05) is 18.2 Å². The summed E-state index contributed by atoms with van der Waals surface area (Å²) >= 11 is 0. The molecule has 0 radical (unpaired) electrons. The summed E-state index contributed by atoms with van der Waals surface area (Å²) < 4.78 is 0. The lowest BCUT2D eigenvalue weighted by Gasteiger charge is -2.50. The van der Waals surface area contributed by atoms with Gasteiger partial charge in [-0.05, 0) is 33.1 Å². The zero-order valence-electron chi connectivity index (χ0n) is 12.3. The number of piperidine rings is 1. The van der Waals surface area contributed by atoms with E-state index in [2.05, 4.69) is 0 Å². The molecule has 1 aliphatic rings. The molecule has 1 saturated heterocycles. The molecule has 0 saturated carbocycles. The summed E-state index contributed by atoms with van der Waals surface area (Å²) in [4.78, 5) is 36.3. The molecule has 0 bridgehead atoms. The van der Waals surface area contributed by atoms with Crippen molar-refractivity contribution in [2.75, 3.05) is 13.1 Å². The van der Waals surface area contributed by atoms with Gasteiger partial charge >= 0.3 is 11.9 Å². The van der Waals surface area contributed by atoms with Crippen LogP contribution >= 0.6 is 0 Å². The van der Waals surface area contributed by atoms with Crippen molar-refractivity contribution in [1.82, 2.24) is 4.90 Å². The Hall–Kier alpha value is -1.73. The number of carbonyl (C=O) groups excluding carboxylic acids is 1. The fourth-order valence-electron chi connectivity index (χ4n) is 2.92. The molecule has 21 heavy (non-hydrogen) atoms. The lowest BCUT2D eigenvalue weighted by Crippen LogP contribution is -2.68. The Bertz CT molecular complexity index is 472. The van der Waals surface area contributed by atoms with Gasteiger partial charge in [0.25, 0.3) is 0 Å². The Labute approximate surface area is 123 Å². The van der Waals surface area contributed by atoms with Crippen molar-refractivity contribution in [2.45, 2.75) is 44.2 Å². The molecule has 0 aliphatic carbocycles. The first-order valence-corrected chi connectivity index (χ1v) is 6.85. The molecule has 0 aromatic carbocycles. The predicted molar refractivity (Wildman–Crippen MR) is 75.8 cm³/mol. The molecule has 1 atom stereocenters. The summed E-state index contributed by atoms with van der Waals surface area (Å²) in [5, 5.41) is 18.4. The Balaban J connectivity index is 3.30. The van der Waals surface area contributed by atoms with Crippen LogP contribution in [0.1, 0.15) is 33.1 Å². The van der Waals surface area contributed by atoms with E-state index in [1.54, 1.807) is 18.7 Å². The molecule has 1 unspecified atom stereocenters. The highest BCUT2D eigenvalue weighted by Crippen LogP contribution is 2.36. The number of carbonyl (C=O) groups is 3. The molecule has 4 N–H and O–H groups in total. The van der Waals surface area contributed by atoms with Crippen molar-refractivity contribution >= 4 is 17.7 Å². The minimum atomic E-state index is -1.68. The number of ketones is 1. The van der Waals surface area contributed by atoms with Crippen LogP contribution in [-0.2, 0) is 14.4 Å². The van der Waals surface area contributed by atoms with Gasteiger partial charge < -0.3 is 15.9 Å². The third-order valence-corrected chi connectivity index (χ3v) is 3.96. The zero-order chi connectivity index (χ0) is 16.3. The van der Waals surface area contributed by atoms with Gasteiger partial charge in [0.2, 0.25) is 0 Å². The van der Waals surface area contributed by atoms with Crippen LogP contribution in [0.2, 0.25) is 0 Å². The molecule has 1 fully saturated rings. The number of carboxylic acids is 2. The molecule has 118 valence electrons. The Morgan fingerprint density at radius 2 is 1.90 bits per heavy atom. The highest BCUT2D eigenvalue weighted by Gasteiger charge is 2.54. The van der Waals surface area contributed by atoms with E-state index in [0.29, 0.717) is 13.0 Å². The average Bonchev–Trinajstić information content (AvgIpc) is 2.44. The van der Waals surface area contributed by atoms with E-state index in [1.807, 2.05) is 0 Å². The van der Waals surface area contributed by atoms with E-state index in [-0.39, 0.29) is 13.0 Å². The number of rotatable bonds is 6. The van der Waals surface area contributed by atoms with E-state index in [0.717, 1.165) is 12.5 Å². The van der Waals surface area contributed by atoms with E-state index in [1.165, 1.54) is 6.08 Å². The molecule has 7 heteroatoms. The number of Topliss-reactive ketones (excluding diaryl/α,β-unsaturated/α-hetero) is 1. The van der Waals surface area contributed by atoms with E-state index in [9.17, 15) is 19.5 Å². The maximum atomic E-state index is 12.2. The first-order chi connectivity index (χ1) is 9.68. The van der Waals surface area contributed by atoms with Crippen LogP contribution in [0.3, 0.4) is 0 Å². The van der Waals surface area contributed by atoms with Crippen molar-refractivity contribution in [3.05, 3.63) is 12.2 Å². The van der Waals surface area contributed by atoms with Crippen molar-refractivity contribution in [3.63, 3.8) is 0 Å². The second kappa shape index (κ2) is 6.36. The van der Waals surface area contributed by atoms with Crippen LogP contribution in [-0.4, -0.2) is 57.0 Å². The minimum Gasteiger partial charge on any atom is -0.480 e. The lowest BCUT2D eigenvalue weighted by atomic mass is 9.78. The minimum absolute atomic E-state index is 0.183. The van der Waals surface area contributed by atoms with Crippen LogP contribution in [0.5, 0.6) is 0 Å². The molecular formula is C14H22N2O5. The fraction of sp³-hybridized carbons (Fsp3) is 0.643. The van der Waals surface area contributed by atoms with Gasteiger partial charge in [0.1, 0.15) is 0 Å². The van der Waals surface area contributed by atoms with Gasteiger partial charge in [-0.15, -0.1) is 0 Å². The van der Waals surface area contributed by atoms with Crippen molar-refractivity contribution in [1.29, 1.82) is 0 Å². The quantitative estimate of drug-likeness (QED) is 0.474. The summed E-state index contributed by atoms with van der Waals surface area (Å²) in [7, 11) is 0. The molecule has 0 spiro atoms. The molecule has 1 heterocycles. The number of nitrogens with zero attached hydrogens (tertiary/aromatic N) is 1. The van der Waals surface area contributed by atoms with Crippen LogP contribution in [0.25, 0.3) is 0 Å². The van der Waals surface area contributed by atoms with Crippen LogP contribution in [0.4, 0.5) is 0 Å². The summed E-state index contributed by atoms with van der Waals surface area (Å²) in [6, 6.07) is 0. The second-order valence-corrected chi connectivity index (χ2v) is 5.73. The highest BCUT2D eigenvalue weighted by molar-refractivity contribution is 6.08. The molecule has 1 aliphatic heterocycles. The molecule has 7 nitrogen and oxygen atoms in total. The van der Waals surface area contributed by atoms with Crippen molar-refractivity contribution in [2.24, 2.45) is 5.73 Å². The summed E-state index contributed by atoms with van der Waals surface area (Å²) in [5.41, 5.74) is 2.83. The van der Waals surface area contributed by atoms with Gasteiger partial charge in [-0.2, -0.15) is 0 Å². The second-order valence-electron chi connectivity index (χ2n) is 5.73. The summed E-state index contributed by atoms with van der Waals surface area (Å²) in [6.45, 7) is 3.43. The number of hydrogen-bond donors (Lipinski definition) is 3. The first-order valence-electron chi connectivity index (χ1n) is 6.85. The monoisotopic (exact) mass is 298 g/mol. The number of hydrogen-bond acceptors (Lipinski definition) is 5. The third kappa shape index (κ3) is 3.30. The van der Waals surface area contributed by atoms with E-state index < -0.39 is 28.8 Å². The largest absolute Gasteiger partial charge is 0.480 e. The number of aliphatic carboxylic acids is 2. The topological polar surface area (TPSA) is 121 Å². The average molecular weight is 298 g/mol. The van der Waals surface area contributed by atoms with E-state index in [4.69, 9.17) is 10.8 Å². The summed E-state index contributed by atoms with van der Waals surface area (Å²) in [5.74, 6) is -2.90. The molecule has 1 rings (SSSR count). The third-order valence-electron chi connectivity index (χ3n) is 3.96. The molecule has 0 aromatic heterocycles. The van der Waals surface area contributed by atoms with Crippen molar-refractivity contribution in [3.8, 4) is 0 Å². The normalized spacial score (nSPS) is 24.1. The Morgan fingerprint density at radius 1 is 1.29 bits per heavy atom. The van der Waals surface area contributed by atoms with Crippen LogP contribution in [0.15, 0.2) is 12.2 Å². The summed E-state index contributed by atoms with van der Waals surface area (Å²) in [6.07, 6.45) is 3.92. The Morgan fingerprint density at radius 3 is 2.38 bits per heavy atom. The van der Waals surface area contributed by atoms with Gasteiger partial charge in [-0.3, -0.25) is 9.69 Å². The predicted octanol–water partition coefficient (Wildman–Crippen LogP) is 0.243. The molecule has 0 amide bonds. The van der Waals surface area contributed by atoms with Gasteiger partial charge in [0.15, 0.2) is 11.3 Å². The number of nitrogens with two attached hydrogens (primary N) is 1. The van der Waals surface area contributed by atoms with Crippen LogP contribution in [0, 0.1) is 0 Å². The smallest absolute Gasteiger partial charge is 0.331 e. The van der Waals surface area contributed by atoms with Gasteiger partial charge in [0.05, 0.1) is 6.54 Å². The van der Waals surface area contributed by atoms with Crippen LogP contribution < -0.4 is 5.73 Å². The zero-order valence-corrected chi connectivity index (χ0v) is 12.3. The molecule has 0 aromatic rings. The standard InChI is InChI=1S/C14H22N2O5/c1-13(2,7-5-11(18)19)16-8-4-3-6-14(16,12(20)21)10(17)9-15/h5,7H,3-4,6,8-9,15H2,1-2H3,(H,18,19)(H,20,21). The SMILES string of the molecule is CC(C)(C=CC(=O)O)N1CCCCC1(C(=O)O)C(=O)CN. The number of likely N-dealkylation sites (tertiary alicyclic amines) is 1. The van der Waals surface area contributed by atoms with E-state index >= 15 is 0 Å². The van der Waals surface area contributed by atoms with Gasteiger partial charge in [-0.1, -0.05) is 6.08 Å².